The molecule has 0 saturated heterocycles. The Balaban J connectivity index is 1.85. The Kier molecular flexibility index (Phi) is 3.50. The van der Waals surface area contributed by atoms with Crippen molar-refractivity contribution in [3.63, 3.8) is 0 Å². The zero-order chi connectivity index (χ0) is 11.1. The van der Waals surface area contributed by atoms with Crippen molar-refractivity contribution in [2.24, 2.45) is 11.8 Å². The van der Waals surface area contributed by atoms with Crippen LogP contribution in [0, 0.1) is 47.4 Å². The lowest BCUT2D eigenvalue weighted by atomic mass is 10.2. The highest BCUT2D eigenvalue weighted by molar-refractivity contribution is 5.40. The molecule has 0 radical (unpaired) electrons. The first kappa shape index (κ1) is 10.2. The van der Waals surface area contributed by atoms with Crippen molar-refractivity contribution in [1.82, 2.24) is 0 Å². The molecule has 16 heavy (non-hydrogen) atoms. The molecule has 0 amide bonds. The van der Waals surface area contributed by atoms with Crippen LogP contribution in [0.25, 0.3) is 0 Å². The maximum atomic E-state index is 3.02. The van der Waals surface area contributed by atoms with Gasteiger partial charge in [0.25, 0.3) is 0 Å². The topological polar surface area (TPSA) is 0 Å². The normalized spacial score (nSPS) is 16.2. The summed E-state index contributed by atoms with van der Waals surface area (Å²) in [5.41, 5.74) is 0. The maximum Gasteiger partial charge on any atom is 0.0579 e. The molecule has 0 saturated carbocycles. The molecule has 0 spiro atoms. The van der Waals surface area contributed by atoms with E-state index >= 15 is 0 Å². The van der Waals surface area contributed by atoms with Crippen LogP contribution in [0.1, 0.15) is 0 Å². The van der Waals surface area contributed by atoms with Gasteiger partial charge in [0.05, 0.1) is 11.8 Å². The minimum Gasteiger partial charge on any atom is -0.0773 e. The molecule has 0 fully saturated rings. The highest BCUT2D eigenvalue weighted by Crippen LogP contribution is 2.06. The van der Waals surface area contributed by atoms with E-state index in [-0.39, 0.29) is 11.8 Å². The van der Waals surface area contributed by atoms with Crippen LogP contribution in [0.2, 0.25) is 0 Å². The van der Waals surface area contributed by atoms with Crippen LogP contribution >= 0.6 is 0 Å². The molecule has 0 aromatic carbocycles. The third-order valence-electron chi connectivity index (χ3n) is 2.16. The summed E-state index contributed by atoms with van der Waals surface area (Å²) >= 11 is 0. The van der Waals surface area contributed by atoms with Gasteiger partial charge in [0.1, 0.15) is 0 Å². The molecular formula is C16H10. The van der Waals surface area contributed by atoms with E-state index in [0.717, 1.165) is 0 Å². The highest BCUT2D eigenvalue weighted by Gasteiger charge is 1.96. The molecule has 0 nitrogen and oxygen atoms in total. The van der Waals surface area contributed by atoms with Crippen molar-refractivity contribution in [2.45, 2.75) is 0 Å². The predicted octanol–water partition coefficient (Wildman–Crippen LogP) is 2.48. The van der Waals surface area contributed by atoms with E-state index in [1.807, 2.05) is 48.6 Å². The van der Waals surface area contributed by atoms with Gasteiger partial charge < -0.3 is 0 Å². The second kappa shape index (κ2) is 5.50. The summed E-state index contributed by atoms with van der Waals surface area (Å²) in [6.45, 7) is 0. The summed E-state index contributed by atoms with van der Waals surface area (Å²) in [5, 5.41) is 0. The average molecular weight is 202 g/mol. The molecule has 2 aliphatic rings. The van der Waals surface area contributed by atoms with Crippen molar-refractivity contribution in [3.8, 4) is 35.5 Å². The van der Waals surface area contributed by atoms with Gasteiger partial charge >= 0.3 is 0 Å². The molecule has 0 heteroatoms. The van der Waals surface area contributed by atoms with Gasteiger partial charge in [-0.15, -0.1) is 0 Å². The Labute approximate surface area is 96.4 Å². The molecule has 0 bridgehead atoms. The number of hydrogen-bond acceptors (Lipinski definition) is 0. The third-order valence-corrected chi connectivity index (χ3v) is 2.16. The van der Waals surface area contributed by atoms with E-state index < -0.39 is 0 Å². The lowest BCUT2D eigenvalue weighted by molar-refractivity contribution is 1.15. The third kappa shape index (κ3) is 3.09. The second-order valence-corrected chi connectivity index (χ2v) is 3.38. The maximum absolute atomic E-state index is 3.02. The van der Waals surface area contributed by atoms with E-state index in [4.69, 9.17) is 0 Å². The van der Waals surface area contributed by atoms with Gasteiger partial charge in [-0.25, -0.2) is 0 Å². The van der Waals surface area contributed by atoms with Crippen LogP contribution in [0.15, 0.2) is 48.6 Å². The molecule has 0 aromatic rings. The van der Waals surface area contributed by atoms with Gasteiger partial charge in [-0.2, -0.15) is 0 Å². The van der Waals surface area contributed by atoms with Crippen LogP contribution < -0.4 is 0 Å². The number of allylic oxidation sites excluding steroid dienone is 8. The van der Waals surface area contributed by atoms with Gasteiger partial charge in [-0.3, -0.25) is 0 Å². The van der Waals surface area contributed by atoms with Gasteiger partial charge in [0.2, 0.25) is 0 Å². The van der Waals surface area contributed by atoms with Crippen molar-refractivity contribution >= 4 is 0 Å². The van der Waals surface area contributed by atoms with Crippen LogP contribution in [0.5, 0.6) is 0 Å². The van der Waals surface area contributed by atoms with Crippen LogP contribution in [-0.4, -0.2) is 0 Å². The number of rotatable bonds is 0. The first-order valence-corrected chi connectivity index (χ1v) is 5.16. The lowest BCUT2D eigenvalue weighted by Crippen LogP contribution is -1.80. The predicted molar refractivity (Wildman–Crippen MR) is 66.9 cm³/mol. The van der Waals surface area contributed by atoms with Crippen LogP contribution in [0.4, 0.5) is 0 Å². The van der Waals surface area contributed by atoms with Crippen molar-refractivity contribution in [1.29, 1.82) is 0 Å². The van der Waals surface area contributed by atoms with Crippen LogP contribution in [0.3, 0.4) is 0 Å². The van der Waals surface area contributed by atoms with E-state index in [0.29, 0.717) is 0 Å². The van der Waals surface area contributed by atoms with Crippen molar-refractivity contribution < 1.29 is 0 Å². The largest absolute Gasteiger partial charge is 0.0773 e. The quantitative estimate of drug-likeness (QED) is 0.529. The van der Waals surface area contributed by atoms with Gasteiger partial charge in [0, 0.05) is 0 Å². The van der Waals surface area contributed by atoms with Crippen LogP contribution in [-0.2, 0) is 0 Å². The molecule has 0 aliphatic heterocycles. The Bertz CT molecular complexity index is 474. The molecule has 0 unspecified atom stereocenters. The minimum absolute atomic E-state index is 0.225. The molecule has 0 N–H and O–H groups in total. The highest BCUT2D eigenvalue weighted by atomic mass is 14.0. The monoisotopic (exact) mass is 202 g/mol. The Morgan fingerprint density at radius 1 is 0.500 bits per heavy atom. The first-order chi connectivity index (χ1) is 7.95. The van der Waals surface area contributed by atoms with Gasteiger partial charge in [-0.1, -0.05) is 60.4 Å². The minimum atomic E-state index is 0.225. The SMILES string of the molecule is C(#CC#CC1C=CC=C1)C#CC1C=CC=C1. The summed E-state index contributed by atoms with van der Waals surface area (Å²) in [4.78, 5) is 0. The average Bonchev–Trinajstić information content (AvgIpc) is 2.96. The van der Waals surface area contributed by atoms with Gasteiger partial charge in [0.15, 0.2) is 0 Å². The Morgan fingerprint density at radius 2 is 0.875 bits per heavy atom. The molecule has 0 atom stereocenters. The van der Waals surface area contributed by atoms with E-state index in [1.165, 1.54) is 0 Å². The Hall–Kier alpha value is -2.36. The number of hydrogen-bond donors (Lipinski definition) is 0. The van der Waals surface area contributed by atoms with Crippen molar-refractivity contribution in [2.75, 3.05) is 0 Å². The fraction of sp³-hybridized carbons (Fsp3) is 0.125. The van der Waals surface area contributed by atoms with Crippen molar-refractivity contribution in [3.05, 3.63) is 48.6 Å². The zero-order valence-electron chi connectivity index (χ0n) is 8.77. The first-order valence-electron chi connectivity index (χ1n) is 5.16. The molecule has 2 rings (SSSR count). The lowest BCUT2D eigenvalue weighted by Gasteiger charge is -1.86. The molecule has 0 heterocycles. The fourth-order valence-corrected chi connectivity index (χ4v) is 1.36. The van der Waals surface area contributed by atoms with E-state index in [2.05, 4.69) is 35.5 Å². The molecule has 74 valence electrons. The zero-order valence-corrected chi connectivity index (χ0v) is 8.77. The second-order valence-electron chi connectivity index (χ2n) is 3.38. The Morgan fingerprint density at radius 3 is 1.25 bits per heavy atom. The van der Waals surface area contributed by atoms with Gasteiger partial charge in [-0.05, 0) is 23.7 Å². The summed E-state index contributed by atoms with van der Waals surface area (Å²) in [7, 11) is 0. The summed E-state index contributed by atoms with van der Waals surface area (Å²) < 4.78 is 0. The van der Waals surface area contributed by atoms with E-state index in [1.54, 1.807) is 0 Å². The standard InChI is InChI=1S/C16H10/c1(3-9-15-11-5-6-12-15)2-4-10-16-13-7-8-14-16/h5-8,11-16H. The van der Waals surface area contributed by atoms with E-state index in [9.17, 15) is 0 Å². The fourth-order valence-electron chi connectivity index (χ4n) is 1.36. The molecular weight excluding hydrogens is 192 g/mol. The molecule has 0 aromatic heterocycles. The molecule has 2 aliphatic carbocycles. The summed E-state index contributed by atoms with van der Waals surface area (Å²) in [5.74, 6) is 17.6. The summed E-state index contributed by atoms with van der Waals surface area (Å²) in [6.07, 6.45) is 16.1. The smallest absolute Gasteiger partial charge is 0.0579 e. The summed E-state index contributed by atoms with van der Waals surface area (Å²) in [6, 6.07) is 0.